The fraction of sp³-hybridized carbons (Fsp3) is 0.333. The molecule has 5 heteroatoms. The van der Waals surface area contributed by atoms with Crippen LogP contribution in [0.4, 0.5) is 0 Å². The van der Waals surface area contributed by atoms with Gasteiger partial charge in [-0.05, 0) is 25.6 Å². The maximum Gasteiger partial charge on any atom is 0.128 e. The number of nitrogens with one attached hydrogen (secondary N) is 1. The van der Waals surface area contributed by atoms with Gasteiger partial charge in [0, 0.05) is 34.9 Å². The van der Waals surface area contributed by atoms with E-state index in [9.17, 15) is 4.21 Å². The van der Waals surface area contributed by atoms with Crippen LogP contribution in [0.25, 0.3) is 10.8 Å². The smallest absolute Gasteiger partial charge is 0.128 e. The normalized spacial score (nSPS) is 21.4. The molecule has 2 aromatic rings. The second-order valence-corrected chi connectivity index (χ2v) is 6.86. The largest absolute Gasteiger partial charge is 0.316 e. The van der Waals surface area contributed by atoms with E-state index in [1.807, 2.05) is 47.8 Å². The number of nitrogens with zero attached hydrogens (tertiary/aromatic N) is 1. The van der Waals surface area contributed by atoms with Crippen molar-refractivity contribution in [2.75, 3.05) is 20.1 Å². The fourth-order valence-electron chi connectivity index (χ4n) is 2.65. The van der Waals surface area contributed by atoms with Crippen molar-refractivity contribution in [3.05, 3.63) is 41.4 Å². The van der Waals surface area contributed by atoms with E-state index in [2.05, 4.69) is 5.32 Å². The van der Waals surface area contributed by atoms with Gasteiger partial charge in [-0.25, -0.2) is 8.51 Å². The van der Waals surface area contributed by atoms with Gasteiger partial charge in [0.05, 0.1) is 4.90 Å². The first-order valence-electron chi connectivity index (χ1n) is 6.72. The zero-order valence-electron chi connectivity index (χ0n) is 11.3. The van der Waals surface area contributed by atoms with Gasteiger partial charge in [-0.2, -0.15) is 0 Å². The molecule has 0 bridgehead atoms. The van der Waals surface area contributed by atoms with Gasteiger partial charge in [0.2, 0.25) is 0 Å². The van der Waals surface area contributed by atoms with Crippen LogP contribution < -0.4 is 5.32 Å². The first-order chi connectivity index (χ1) is 9.70. The summed E-state index contributed by atoms with van der Waals surface area (Å²) < 4.78 is 14.8. The topological polar surface area (TPSA) is 32.3 Å². The molecular formula is C15H17ClN2OS. The Morgan fingerprint density at radius 1 is 1.25 bits per heavy atom. The molecule has 106 valence electrons. The average molecular weight is 309 g/mol. The Hall–Kier alpha value is -0.940. The number of rotatable bonds is 3. The number of halogens is 1. The van der Waals surface area contributed by atoms with Crippen molar-refractivity contribution in [3.8, 4) is 0 Å². The lowest BCUT2D eigenvalue weighted by atomic mass is 10.1. The van der Waals surface area contributed by atoms with Gasteiger partial charge in [-0.15, -0.1) is 0 Å². The molecule has 2 aromatic carbocycles. The summed E-state index contributed by atoms with van der Waals surface area (Å²) in [5.74, 6) is 0. The molecule has 1 aliphatic rings. The zero-order chi connectivity index (χ0) is 14.1. The third kappa shape index (κ3) is 2.49. The van der Waals surface area contributed by atoms with Crippen LogP contribution in [-0.2, 0) is 11.0 Å². The van der Waals surface area contributed by atoms with E-state index in [1.54, 1.807) is 0 Å². The highest BCUT2D eigenvalue weighted by Gasteiger charge is 2.26. The Bertz CT molecular complexity index is 661. The van der Waals surface area contributed by atoms with E-state index in [-0.39, 0.29) is 0 Å². The maximum atomic E-state index is 12.8. The molecule has 1 fully saturated rings. The molecule has 1 N–H and O–H groups in total. The van der Waals surface area contributed by atoms with Crippen molar-refractivity contribution in [2.24, 2.45) is 0 Å². The number of hydrogen-bond donors (Lipinski definition) is 1. The standard InChI is InChI=1S/C15H17ClN2OS/c1-17-11-8-9-18(10-11)20(19)15-7-3-4-12-13(15)5-2-6-14(12)16/h2-7,11,17H,8-10H2,1H3/t11-,20?/m1/s1. The Morgan fingerprint density at radius 3 is 2.75 bits per heavy atom. The molecule has 0 amide bonds. The molecule has 0 aliphatic carbocycles. The molecule has 20 heavy (non-hydrogen) atoms. The van der Waals surface area contributed by atoms with Crippen LogP contribution in [0, 0.1) is 0 Å². The number of fused-ring (bicyclic) bond motifs is 1. The monoisotopic (exact) mass is 308 g/mol. The third-order valence-electron chi connectivity index (χ3n) is 3.81. The molecular weight excluding hydrogens is 292 g/mol. The van der Waals surface area contributed by atoms with Gasteiger partial charge < -0.3 is 5.32 Å². The van der Waals surface area contributed by atoms with Crippen molar-refractivity contribution in [3.63, 3.8) is 0 Å². The number of benzene rings is 2. The van der Waals surface area contributed by atoms with Crippen LogP contribution in [-0.4, -0.2) is 34.7 Å². The van der Waals surface area contributed by atoms with E-state index < -0.39 is 11.0 Å². The first kappa shape index (κ1) is 14.0. The Kier molecular flexibility index (Phi) is 4.08. The maximum absolute atomic E-state index is 12.8. The molecule has 2 atom stereocenters. The molecule has 1 heterocycles. The van der Waals surface area contributed by atoms with Crippen LogP contribution in [0.1, 0.15) is 6.42 Å². The zero-order valence-corrected chi connectivity index (χ0v) is 12.9. The molecule has 3 rings (SSSR count). The predicted octanol–water partition coefficient (Wildman–Crippen LogP) is 2.81. The third-order valence-corrected chi connectivity index (χ3v) is 5.67. The van der Waals surface area contributed by atoms with Crippen LogP contribution >= 0.6 is 11.6 Å². The summed E-state index contributed by atoms with van der Waals surface area (Å²) in [6.07, 6.45) is 1.04. The van der Waals surface area contributed by atoms with E-state index in [4.69, 9.17) is 11.6 Å². The molecule has 1 saturated heterocycles. The lowest BCUT2D eigenvalue weighted by molar-refractivity contribution is 0.511. The Balaban J connectivity index is 1.98. The SMILES string of the molecule is CN[C@@H]1CCN(S(=O)c2cccc3c(Cl)cccc23)C1. The highest BCUT2D eigenvalue weighted by Crippen LogP contribution is 2.29. The van der Waals surface area contributed by atoms with E-state index in [1.165, 1.54) is 0 Å². The van der Waals surface area contributed by atoms with Crippen molar-refractivity contribution in [1.29, 1.82) is 0 Å². The number of likely N-dealkylation sites (N-methyl/N-ethyl adjacent to an activating group) is 1. The van der Waals surface area contributed by atoms with Gasteiger partial charge >= 0.3 is 0 Å². The summed E-state index contributed by atoms with van der Waals surface area (Å²) in [7, 11) is 0.824. The minimum Gasteiger partial charge on any atom is -0.316 e. The van der Waals surface area contributed by atoms with E-state index in [0.29, 0.717) is 11.1 Å². The molecule has 0 radical (unpaired) electrons. The molecule has 3 nitrogen and oxygen atoms in total. The quantitative estimate of drug-likeness (QED) is 0.945. The summed E-state index contributed by atoms with van der Waals surface area (Å²) in [5, 5.41) is 5.89. The fourth-order valence-corrected chi connectivity index (χ4v) is 4.31. The van der Waals surface area contributed by atoms with Gasteiger partial charge in [0.15, 0.2) is 0 Å². The molecule has 1 unspecified atom stereocenters. The summed E-state index contributed by atoms with van der Waals surface area (Å²) >= 11 is 6.22. The highest BCUT2D eigenvalue weighted by molar-refractivity contribution is 7.83. The number of hydrogen-bond acceptors (Lipinski definition) is 2. The van der Waals surface area contributed by atoms with E-state index in [0.717, 1.165) is 35.2 Å². The first-order valence-corrected chi connectivity index (χ1v) is 8.20. The van der Waals surface area contributed by atoms with Gasteiger partial charge in [0.25, 0.3) is 0 Å². The van der Waals surface area contributed by atoms with Crippen LogP contribution in [0.5, 0.6) is 0 Å². The Labute approximate surface area is 126 Å². The minimum absolute atomic E-state index is 0.428. The second-order valence-electron chi connectivity index (χ2n) is 5.00. The lowest BCUT2D eigenvalue weighted by Crippen LogP contribution is -2.30. The molecule has 0 spiro atoms. The predicted molar refractivity (Wildman–Crippen MR) is 84.4 cm³/mol. The minimum atomic E-state index is -1.13. The van der Waals surface area contributed by atoms with E-state index >= 15 is 0 Å². The molecule has 0 saturated carbocycles. The van der Waals surface area contributed by atoms with Crippen molar-refractivity contribution in [2.45, 2.75) is 17.4 Å². The lowest BCUT2D eigenvalue weighted by Gasteiger charge is -2.16. The summed E-state index contributed by atoms with van der Waals surface area (Å²) in [6, 6.07) is 12.0. The Morgan fingerprint density at radius 2 is 2.00 bits per heavy atom. The molecule has 0 aromatic heterocycles. The van der Waals surface area contributed by atoms with Crippen molar-refractivity contribution in [1.82, 2.24) is 9.62 Å². The van der Waals surface area contributed by atoms with Crippen LogP contribution in [0.3, 0.4) is 0 Å². The van der Waals surface area contributed by atoms with Gasteiger partial charge in [0.1, 0.15) is 11.0 Å². The average Bonchev–Trinajstić information content (AvgIpc) is 2.95. The van der Waals surface area contributed by atoms with Gasteiger partial charge in [-0.1, -0.05) is 35.9 Å². The summed E-state index contributed by atoms with van der Waals surface area (Å²) in [5.41, 5.74) is 0. The summed E-state index contributed by atoms with van der Waals surface area (Å²) in [4.78, 5) is 0.849. The van der Waals surface area contributed by atoms with Gasteiger partial charge in [-0.3, -0.25) is 0 Å². The van der Waals surface area contributed by atoms with Crippen LogP contribution in [0.2, 0.25) is 5.02 Å². The second kappa shape index (κ2) is 5.82. The van der Waals surface area contributed by atoms with Crippen molar-refractivity contribution < 1.29 is 4.21 Å². The molecule has 1 aliphatic heterocycles. The van der Waals surface area contributed by atoms with Crippen molar-refractivity contribution >= 4 is 33.4 Å². The highest BCUT2D eigenvalue weighted by atomic mass is 35.5. The summed E-state index contributed by atoms with van der Waals surface area (Å²) in [6.45, 7) is 1.68. The van der Waals surface area contributed by atoms with Crippen LogP contribution in [0.15, 0.2) is 41.3 Å².